The van der Waals surface area contributed by atoms with Crippen molar-refractivity contribution in [2.75, 3.05) is 13.7 Å². The van der Waals surface area contributed by atoms with Crippen molar-refractivity contribution in [2.45, 2.75) is 19.1 Å². The molecular formula is C21H23NO6. The molecule has 0 aromatic heterocycles. The SMILES string of the molecule is CO/N=C/[C@@H](OC(=O)c1ccccc1)[C@H](OC(=O)c1ccccc1)[C@H](C)CO. The predicted molar refractivity (Wildman–Crippen MR) is 103 cm³/mol. The smallest absolute Gasteiger partial charge is 0.338 e. The highest BCUT2D eigenvalue weighted by molar-refractivity contribution is 5.91. The Labute approximate surface area is 163 Å². The Balaban J connectivity index is 2.24. The van der Waals surface area contributed by atoms with E-state index in [0.29, 0.717) is 11.1 Å². The van der Waals surface area contributed by atoms with E-state index in [-0.39, 0.29) is 6.61 Å². The first kappa shape index (κ1) is 21.1. The highest BCUT2D eigenvalue weighted by atomic mass is 16.6. The van der Waals surface area contributed by atoms with Crippen molar-refractivity contribution in [1.82, 2.24) is 0 Å². The van der Waals surface area contributed by atoms with Gasteiger partial charge >= 0.3 is 11.9 Å². The number of esters is 2. The molecule has 0 fully saturated rings. The summed E-state index contributed by atoms with van der Waals surface area (Å²) in [5, 5.41) is 13.3. The van der Waals surface area contributed by atoms with Crippen LogP contribution in [0.2, 0.25) is 0 Å². The summed E-state index contributed by atoms with van der Waals surface area (Å²) in [6.45, 7) is 1.39. The molecule has 28 heavy (non-hydrogen) atoms. The van der Waals surface area contributed by atoms with Crippen molar-refractivity contribution in [1.29, 1.82) is 0 Å². The average molecular weight is 385 g/mol. The Hall–Kier alpha value is -3.19. The van der Waals surface area contributed by atoms with E-state index in [1.54, 1.807) is 67.6 Å². The van der Waals surface area contributed by atoms with E-state index in [9.17, 15) is 14.7 Å². The normalized spacial score (nSPS) is 14.1. The second-order valence-corrected chi connectivity index (χ2v) is 6.07. The lowest BCUT2D eigenvalue weighted by Crippen LogP contribution is -2.42. The molecule has 0 saturated heterocycles. The first-order valence-corrected chi connectivity index (χ1v) is 8.76. The minimum atomic E-state index is -1.05. The van der Waals surface area contributed by atoms with Gasteiger partial charge in [0.2, 0.25) is 0 Å². The van der Waals surface area contributed by atoms with Gasteiger partial charge in [0.25, 0.3) is 0 Å². The second kappa shape index (κ2) is 10.8. The molecule has 2 aromatic rings. The molecule has 0 bridgehead atoms. The number of rotatable bonds is 9. The summed E-state index contributed by atoms with van der Waals surface area (Å²) in [4.78, 5) is 29.6. The van der Waals surface area contributed by atoms with Crippen molar-refractivity contribution in [3.8, 4) is 0 Å². The number of nitrogens with zero attached hydrogens (tertiary/aromatic N) is 1. The van der Waals surface area contributed by atoms with Gasteiger partial charge in [-0.05, 0) is 24.3 Å². The molecule has 1 N–H and O–H groups in total. The number of ether oxygens (including phenoxy) is 2. The Morgan fingerprint density at radius 3 is 1.93 bits per heavy atom. The van der Waals surface area contributed by atoms with E-state index in [1.165, 1.54) is 13.3 Å². The molecule has 0 heterocycles. The summed E-state index contributed by atoms with van der Waals surface area (Å²) in [7, 11) is 1.34. The van der Waals surface area contributed by atoms with Gasteiger partial charge in [-0.3, -0.25) is 0 Å². The zero-order valence-electron chi connectivity index (χ0n) is 15.7. The zero-order valence-corrected chi connectivity index (χ0v) is 15.7. The molecule has 7 heteroatoms. The fourth-order valence-corrected chi connectivity index (χ4v) is 2.45. The molecule has 0 radical (unpaired) electrons. The largest absolute Gasteiger partial charge is 0.454 e. The molecule has 2 rings (SSSR count). The number of oxime groups is 1. The maximum absolute atomic E-state index is 12.5. The van der Waals surface area contributed by atoms with Crippen LogP contribution in [0.5, 0.6) is 0 Å². The van der Waals surface area contributed by atoms with E-state index in [0.717, 1.165) is 0 Å². The summed E-state index contributed by atoms with van der Waals surface area (Å²) >= 11 is 0. The molecule has 0 aliphatic rings. The first-order valence-electron chi connectivity index (χ1n) is 8.76. The van der Waals surface area contributed by atoms with Gasteiger partial charge in [-0.1, -0.05) is 48.5 Å². The van der Waals surface area contributed by atoms with Crippen LogP contribution < -0.4 is 0 Å². The molecule has 0 amide bonds. The van der Waals surface area contributed by atoms with Crippen molar-refractivity contribution in [2.24, 2.45) is 11.1 Å². The summed E-state index contributed by atoms with van der Waals surface area (Å²) in [6, 6.07) is 16.8. The third-order valence-electron chi connectivity index (χ3n) is 3.99. The number of carbonyl (C=O) groups excluding carboxylic acids is 2. The van der Waals surface area contributed by atoms with E-state index < -0.39 is 30.1 Å². The van der Waals surface area contributed by atoms with Crippen LogP contribution in [0, 0.1) is 5.92 Å². The predicted octanol–water partition coefficient (Wildman–Crippen LogP) is 2.70. The number of hydrogen-bond acceptors (Lipinski definition) is 7. The lowest BCUT2D eigenvalue weighted by Gasteiger charge is -2.28. The standard InChI is InChI=1S/C21H23NO6/c1-15(14-23)19(28-21(25)17-11-7-4-8-12-17)18(13-22-26-2)27-20(24)16-9-5-3-6-10-16/h3-13,15,18-19,23H,14H2,1-2H3/b22-13+/t15-,18-,19-/m1/s1. The fraction of sp³-hybridized carbons (Fsp3) is 0.286. The number of aliphatic hydroxyl groups is 1. The van der Waals surface area contributed by atoms with Crippen LogP contribution in [-0.4, -0.2) is 49.2 Å². The van der Waals surface area contributed by atoms with Crippen LogP contribution >= 0.6 is 0 Å². The first-order chi connectivity index (χ1) is 13.6. The molecule has 148 valence electrons. The van der Waals surface area contributed by atoms with Gasteiger partial charge in [0.1, 0.15) is 13.2 Å². The van der Waals surface area contributed by atoms with Gasteiger partial charge < -0.3 is 19.4 Å². The molecular weight excluding hydrogens is 362 g/mol. The highest BCUT2D eigenvalue weighted by Gasteiger charge is 2.33. The minimum absolute atomic E-state index is 0.285. The molecule has 7 nitrogen and oxygen atoms in total. The van der Waals surface area contributed by atoms with Crippen LogP contribution in [0.25, 0.3) is 0 Å². The lowest BCUT2D eigenvalue weighted by molar-refractivity contribution is -0.0401. The van der Waals surface area contributed by atoms with Crippen LogP contribution in [0.1, 0.15) is 27.6 Å². The van der Waals surface area contributed by atoms with Crippen LogP contribution in [0.15, 0.2) is 65.8 Å². The fourth-order valence-electron chi connectivity index (χ4n) is 2.45. The monoisotopic (exact) mass is 385 g/mol. The van der Waals surface area contributed by atoms with Gasteiger partial charge in [-0.2, -0.15) is 0 Å². The van der Waals surface area contributed by atoms with Gasteiger partial charge in [-0.15, -0.1) is 0 Å². The van der Waals surface area contributed by atoms with E-state index >= 15 is 0 Å². The number of aliphatic hydroxyl groups excluding tert-OH is 1. The Kier molecular flexibility index (Phi) is 8.17. The van der Waals surface area contributed by atoms with E-state index in [4.69, 9.17) is 9.47 Å². The van der Waals surface area contributed by atoms with Gasteiger partial charge in [0, 0.05) is 12.5 Å². The molecule has 0 unspecified atom stereocenters. The Morgan fingerprint density at radius 2 is 1.46 bits per heavy atom. The van der Waals surface area contributed by atoms with Gasteiger partial charge in [0.15, 0.2) is 6.10 Å². The number of benzene rings is 2. The van der Waals surface area contributed by atoms with E-state index in [2.05, 4.69) is 9.99 Å². The topological polar surface area (TPSA) is 94.4 Å². The maximum Gasteiger partial charge on any atom is 0.338 e. The Bertz CT molecular complexity index is 778. The summed E-state index contributed by atoms with van der Waals surface area (Å²) in [6.07, 6.45) is -0.789. The summed E-state index contributed by atoms with van der Waals surface area (Å²) < 4.78 is 11.1. The summed E-state index contributed by atoms with van der Waals surface area (Å²) in [5.41, 5.74) is 0.678. The summed E-state index contributed by atoms with van der Waals surface area (Å²) in [5.74, 6) is -1.74. The third-order valence-corrected chi connectivity index (χ3v) is 3.99. The van der Waals surface area contributed by atoms with Gasteiger partial charge in [0.05, 0.1) is 17.3 Å². The molecule has 0 spiro atoms. The average Bonchev–Trinajstić information content (AvgIpc) is 2.75. The van der Waals surface area contributed by atoms with Gasteiger partial charge in [-0.25, -0.2) is 9.59 Å². The zero-order chi connectivity index (χ0) is 20.4. The highest BCUT2D eigenvalue weighted by Crippen LogP contribution is 2.18. The molecule has 2 aromatic carbocycles. The van der Waals surface area contributed by atoms with Crippen molar-refractivity contribution < 1.29 is 29.0 Å². The van der Waals surface area contributed by atoms with Crippen molar-refractivity contribution in [3.05, 3.63) is 71.8 Å². The Morgan fingerprint density at radius 1 is 0.964 bits per heavy atom. The van der Waals surface area contributed by atoms with Crippen molar-refractivity contribution in [3.63, 3.8) is 0 Å². The van der Waals surface area contributed by atoms with Crippen LogP contribution in [-0.2, 0) is 14.3 Å². The quantitative estimate of drug-likeness (QED) is 0.405. The van der Waals surface area contributed by atoms with Crippen LogP contribution in [0.4, 0.5) is 0 Å². The molecule has 0 aliphatic carbocycles. The minimum Gasteiger partial charge on any atom is -0.454 e. The van der Waals surface area contributed by atoms with Crippen molar-refractivity contribution >= 4 is 18.2 Å². The number of hydrogen-bond donors (Lipinski definition) is 1. The molecule has 3 atom stereocenters. The molecule has 0 saturated carbocycles. The number of carbonyl (C=O) groups is 2. The second-order valence-electron chi connectivity index (χ2n) is 6.07. The maximum atomic E-state index is 12.5. The van der Waals surface area contributed by atoms with E-state index in [1.807, 2.05) is 0 Å². The third kappa shape index (κ3) is 5.92. The lowest BCUT2D eigenvalue weighted by atomic mass is 10.0. The van der Waals surface area contributed by atoms with Crippen LogP contribution in [0.3, 0.4) is 0 Å². The molecule has 0 aliphatic heterocycles.